The van der Waals surface area contributed by atoms with E-state index in [1.807, 2.05) is 23.5 Å². The van der Waals surface area contributed by atoms with Gasteiger partial charge in [-0.3, -0.25) is 5.32 Å². The van der Waals surface area contributed by atoms with Crippen molar-refractivity contribution in [3.63, 3.8) is 0 Å². The van der Waals surface area contributed by atoms with E-state index < -0.39 is 0 Å². The predicted octanol–water partition coefficient (Wildman–Crippen LogP) is 13.1. The highest BCUT2D eigenvalue weighted by molar-refractivity contribution is 7.26. The molecule has 11 aromatic rings. The van der Waals surface area contributed by atoms with Crippen molar-refractivity contribution in [3.8, 4) is 16.8 Å². The van der Waals surface area contributed by atoms with Gasteiger partial charge in [0.2, 0.25) is 0 Å². The Hall–Kier alpha value is -6.99. The largest absolute Gasteiger partial charge is 0.456 e. The quantitative estimate of drug-likeness (QED) is 0.184. The molecule has 0 aliphatic carbocycles. The van der Waals surface area contributed by atoms with Crippen molar-refractivity contribution in [2.75, 3.05) is 0 Å². The standard InChI is InChI=1S/C51H34N4OS/c1-3-14-31(15-4-1)49-52-50(32-16-5-2-6-17-32)54-51(53-49)38-22-11-21-37-39-30-33(28-29-43(39)56-48(37)38)34-20-12-26-44-46(34)47-42(25-13-27-45(47)57-44)55-40-23-9-7-18-35(40)36-19-8-10-24-41(36)55/h1-30,49,51,53H,(H,52,54). The summed E-state index contributed by atoms with van der Waals surface area (Å²) in [6.07, 6.45) is -0.468. The number of thiophene rings is 1. The fourth-order valence-corrected chi connectivity index (χ4v) is 10.1. The van der Waals surface area contributed by atoms with Gasteiger partial charge in [0.1, 0.15) is 29.3 Å². The molecule has 0 spiro atoms. The third-order valence-electron chi connectivity index (χ3n) is 11.5. The number of amidine groups is 1. The van der Waals surface area contributed by atoms with Gasteiger partial charge in [-0.15, -0.1) is 11.3 Å². The summed E-state index contributed by atoms with van der Waals surface area (Å²) in [6.45, 7) is 0. The molecule has 12 rings (SSSR count). The third kappa shape index (κ3) is 5.08. The first-order valence-electron chi connectivity index (χ1n) is 19.4. The fourth-order valence-electron chi connectivity index (χ4n) is 8.94. The minimum absolute atomic E-state index is 0.136. The van der Waals surface area contributed by atoms with Gasteiger partial charge in [-0.2, -0.15) is 0 Å². The van der Waals surface area contributed by atoms with Crippen molar-refractivity contribution in [2.45, 2.75) is 12.3 Å². The molecule has 6 heteroatoms. The zero-order chi connectivity index (χ0) is 37.5. The Labute approximate surface area is 332 Å². The van der Waals surface area contributed by atoms with Gasteiger partial charge in [0.15, 0.2) is 0 Å². The third-order valence-corrected chi connectivity index (χ3v) is 12.6. The summed E-state index contributed by atoms with van der Waals surface area (Å²) in [6, 6.07) is 64.9. The van der Waals surface area contributed by atoms with E-state index in [0.29, 0.717) is 0 Å². The first-order valence-corrected chi connectivity index (χ1v) is 20.2. The number of aliphatic imine (C=N–C) groups is 1. The lowest BCUT2D eigenvalue weighted by Crippen LogP contribution is -2.44. The molecule has 1 aliphatic rings. The Kier molecular flexibility index (Phi) is 7.24. The van der Waals surface area contributed by atoms with Crippen LogP contribution in [0.15, 0.2) is 191 Å². The molecule has 0 saturated carbocycles. The van der Waals surface area contributed by atoms with Crippen LogP contribution in [-0.4, -0.2) is 10.4 Å². The Morgan fingerprint density at radius 3 is 2.00 bits per heavy atom. The second-order valence-electron chi connectivity index (χ2n) is 14.7. The number of aromatic nitrogens is 1. The average Bonchev–Trinajstić information content (AvgIpc) is 3.96. The molecule has 0 radical (unpaired) electrons. The first-order chi connectivity index (χ1) is 28.3. The Balaban J connectivity index is 1.03. The molecule has 2 unspecified atom stereocenters. The maximum atomic E-state index is 6.77. The highest BCUT2D eigenvalue weighted by Crippen LogP contribution is 2.46. The molecule has 4 heterocycles. The van der Waals surface area contributed by atoms with E-state index in [9.17, 15) is 0 Å². The normalized spacial score (nSPS) is 15.9. The summed E-state index contributed by atoms with van der Waals surface area (Å²) in [7, 11) is 0. The summed E-state index contributed by atoms with van der Waals surface area (Å²) in [4.78, 5) is 5.24. The fraction of sp³-hybridized carbons (Fsp3) is 0.0392. The van der Waals surface area contributed by atoms with Gasteiger partial charge in [0, 0.05) is 52.8 Å². The molecule has 0 amide bonds. The lowest BCUT2D eigenvalue weighted by Gasteiger charge is -2.32. The number of furan rings is 1. The van der Waals surface area contributed by atoms with Crippen molar-refractivity contribution in [1.29, 1.82) is 0 Å². The van der Waals surface area contributed by atoms with Gasteiger partial charge in [-0.1, -0.05) is 140 Å². The van der Waals surface area contributed by atoms with Gasteiger partial charge in [0.25, 0.3) is 0 Å². The maximum absolute atomic E-state index is 6.77. The van der Waals surface area contributed by atoms with Crippen LogP contribution in [0.1, 0.15) is 29.0 Å². The maximum Gasteiger partial charge on any atom is 0.142 e. The zero-order valence-corrected chi connectivity index (χ0v) is 31.5. The van der Waals surface area contributed by atoms with Gasteiger partial charge >= 0.3 is 0 Å². The van der Waals surface area contributed by atoms with Gasteiger partial charge in [-0.05, 0) is 59.2 Å². The average molecular weight is 751 g/mol. The van der Waals surface area contributed by atoms with Crippen LogP contribution < -0.4 is 10.6 Å². The number of fused-ring (bicyclic) bond motifs is 9. The van der Waals surface area contributed by atoms with Crippen LogP contribution in [-0.2, 0) is 0 Å². The Bertz CT molecular complexity index is 3320. The molecular formula is C51H34N4OS. The molecule has 8 aromatic carbocycles. The monoisotopic (exact) mass is 750 g/mol. The predicted molar refractivity (Wildman–Crippen MR) is 238 cm³/mol. The molecule has 270 valence electrons. The summed E-state index contributed by atoms with van der Waals surface area (Å²) >= 11 is 1.86. The number of benzene rings is 8. The number of hydrogen-bond donors (Lipinski definition) is 2. The molecular weight excluding hydrogens is 717 g/mol. The SMILES string of the molecule is c1ccc(C2=NC(c3cccc4c3oc3ccc(-c5cccc6sc7cccc(-n8c9ccccc9c9ccccc98)c7c56)cc34)NC(c3ccccc3)N2)cc1. The van der Waals surface area contributed by atoms with E-state index in [2.05, 4.69) is 185 Å². The van der Waals surface area contributed by atoms with Crippen molar-refractivity contribution in [1.82, 2.24) is 15.2 Å². The highest BCUT2D eigenvalue weighted by Gasteiger charge is 2.28. The summed E-state index contributed by atoms with van der Waals surface area (Å²) in [5.41, 5.74) is 10.9. The van der Waals surface area contributed by atoms with E-state index in [1.165, 1.54) is 53.2 Å². The topological polar surface area (TPSA) is 54.5 Å². The number of para-hydroxylation sites is 3. The summed E-state index contributed by atoms with van der Waals surface area (Å²) < 4.78 is 11.8. The molecule has 2 N–H and O–H groups in total. The van der Waals surface area contributed by atoms with Crippen molar-refractivity contribution in [2.24, 2.45) is 4.99 Å². The van der Waals surface area contributed by atoms with E-state index in [4.69, 9.17) is 9.41 Å². The molecule has 3 aromatic heterocycles. The van der Waals surface area contributed by atoms with Crippen molar-refractivity contribution >= 4 is 81.1 Å². The number of nitrogens with zero attached hydrogens (tertiary/aromatic N) is 2. The van der Waals surface area contributed by atoms with Gasteiger partial charge < -0.3 is 14.3 Å². The Morgan fingerprint density at radius 1 is 0.544 bits per heavy atom. The summed E-state index contributed by atoms with van der Waals surface area (Å²) in [5, 5.41) is 14.7. The zero-order valence-electron chi connectivity index (χ0n) is 30.7. The number of hydrogen-bond acceptors (Lipinski definition) is 5. The molecule has 0 saturated heterocycles. The molecule has 0 bridgehead atoms. The smallest absolute Gasteiger partial charge is 0.142 e. The van der Waals surface area contributed by atoms with Crippen molar-refractivity contribution in [3.05, 3.63) is 199 Å². The van der Waals surface area contributed by atoms with Crippen LogP contribution in [0.2, 0.25) is 0 Å². The lowest BCUT2D eigenvalue weighted by atomic mass is 9.97. The minimum Gasteiger partial charge on any atom is -0.456 e. The van der Waals surface area contributed by atoms with Crippen LogP contribution in [0.25, 0.3) is 80.7 Å². The van der Waals surface area contributed by atoms with Crippen LogP contribution in [0.4, 0.5) is 0 Å². The second-order valence-corrected chi connectivity index (χ2v) is 15.8. The van der Waals surface area contributed by atoms with Gasteiger partial charge in [0.05, 0.1) is 16.7 Å². The summed E-state index contributed by atoms with van der Waals surface area (Å²) in [5.74, 6) is 0.847. The van der Waals surface area contributed by atoms with Crippen LogP contribution >= 0.6 is 11.3 Å². The molecule has 1 aliphatic heterocycles. The Morgan fingerprint density at radius 2 is 1.21 bits per heavy atom. The van der Waals surface area contributed by atoms with Crippen LogP contribution in [0.3, 0.4) is 0 Å². The second kappa shape index (κ2) is 12.8. The first kappa shape index (κ1) is 32.3. The van der Waals surface area contributed by atoms with Gasteiger partial charge in [-0.25, -0.2) is 4.99 Å². The van der Waals surface area contributed by atoms with Crippen LogP contribution in [0.5, 0.6) is 0 Å². The van der Waals surface area contributed by atoms with E-state index in [1.54, 1.807) is 0 Å². The van der Waals surface area contributed by atoms with Crippen LogP contribution in [0, 0.1) is 0 Å². The van der Waals surface area contributed by atoms with E-state index in [0.717, 1.165) is 50.0 Å². The van der Waals surface area contributed by atoms with Crippen molar-refractivity contribution < 1.29 is 4.42 Å². The molecule has 2 atom stereocenters. The van der Waals surface area contributed by atoms with E-state index in [-0.39, 0.29) is 12.3 Å². The molecule has 57 heavy (non-hydrogen) atoms. The van der Waals surface area contributed by atoms with E-state index >= 15 is 0 Å². The highest BCUT2D eigenvalue weighted by atomic mass is 32.1. The number of rotatable bonds is 5. The minimum atomic E-state index is -0.333. The number of nitrogens with one attached hydrogen (secondary N) is 2. The lowest BCUT2D eigenvalue weighted by molar-refractivity contribution is 0.408. The molecule has 0 fully saturated rings. The molecule has 5 nitrogen and oxygen atoms in total.